The van der Waals surface area contributed by atoms with E-state index >= 15 is 0 Å². The molecule has 0 N–H and O–H groups in total. The second kappa shape index (κ2) is 7.84. The Morgan fingerprint density at radius 1 is 0.615 bits per heavy atom. The first-order chi connectivity index (χ1) is 12.9. The molecule has 0 nitrogen and oxygen atoms in total. The minimum Gasteiger partial charge on any atom is -0.0622 e. The van der Waals surface area contributed by atoms with Crippen molar-refractivity contribution < 1.29 is 0 Å². The average molecular weight is 334 g/mol. The zero-order chi connectivity index (χ0) is 17.6. The summed E-state index contributed by atoms with van der Waals surface area (Å²) < 4.78 is 0. The molecule has 1 atom stereocenters. The van der Waals surface area contributed by atoms with E-state index in [9.17, 15) is 0 Å². The van der Waals surface area contributed by atoms with E-state index in [2.05, 4.69) is 115 Å². The van der Waals surface area contributed by atoms with E-state index < -0.39 is 0 Å². The standard InChI is InChI=1S/C26H22/c1-4-10-21(11-5-1)16-17-22-18-19-25(23-12-6-2-7-13-23)26(20-22)24-14-8-3-9-15-24/h1-19,26H,20H2/b17-16-/t26-/m0/s1. The monoisotopic (exact) mass is 334 g/mol. The summed E-state index contributed by atoms with van der Waals surface area (Å²) in [7, 11) is 0. The van der Waals surface area contributed by atoms with Crippen LogP contribution in [0.2, 0.25) is 0 Å². The first-order valence-corrected chi connectivity index (χ1v) is 9.14. The third-order valence-corrected chi connectivity index (χ3v) is 4.89. The molecule has 1 aliphatic rings. The van der Waals surface area contributed by atoms with Gasteiger partial charge in [-0.25, -0.2) is 0 Å². The third-order valence-electron chi connectivity index (χ3n) is 4.89. The van der Waals surface area contributed by atoms with Crippen LogP contribution in [0.3, 0.4) is 0 Å². The van der Waals surface area contributed by atoms with Crippen molar-refractivity contribution in [2.75, 3.05) is 0 Å². The lowest BCUT2D eigenvalue weighted by Crippen LogP contribution is -2.06. The topological polar surface area (TPSA) is 0 Å². The SMILES string of the molecule is C1=C(/C=C\c2ccccc2)C[C@@H](c2ccccc2)C(c2ccccc2)=C1. The number of hydrogen-bond donors (Lipinski definition) is 0. The van der Waals surface area contributed by atoms with E-state index in [1.54, 1.807) is 0 Å². The molecule has 0 bridgehead atoms. The normalized spacial score (nSPS) is 17.0. The third kappa shape index (κ3) is 3.75. The summed E-state index contributed by atoms with van der Waals surface area (Å²) >= 11 is 0. The average Bonchev–Trinajstić information content (AvgIpc) is 2.74. The molecular formula is C26H22. The van der Waals surface area contributed by atoms with E-state index in [4.69, 9.17) is 0 Å². The van der Waals surface area contributed by atoms with Crippen molar-refractivity contribution in [3.05, 3.63) is 131 Å². The van der Waals surface area contributed by atoms with Crippen LogP contribution in [0.1, 0.15) is 29.0 Å². The second-order valence-corrected chi connectivity index (χ2v) is 6.64. The Hall–Kier alpha value is -3.12. The first-order valence-electron chi connectivity index (χ1n) is 9.14. The van der Waals surface area contributed by atoms with E-state index in [1.165, 1.54) is 27.8 Å². The van der Waals surface area contributed by atoms with E-state index in [0.29, 0.717) is 5.92 Å². The van der Waals surface area contributed by atoms with E-state index in [0.717, 1.165) is 6.42 Å². The molecule has 0 heteroatoms. The largest absolute Gasteiger partial charge is 0.0622 e. The molecule has 0 radical (unpaired) electrons. The lowest BCUT2D eigenvalue weighted by Gasteiger charge is -2.25. The zero-order valence-electron chi connectivity index (χ0n) is 14.8. The summed E-state index contributed by atoms with van der Waals surface area (Å²) in [4.78, 5) is 0. The zero-order valence-corrected chi connectivity index (χ0v) is 14.8. The van der Waals surface area contributed by atoms with Crippen LogP contribution in [-0.4, -0.2) is 0 Å². The molecule has 0 aromatic heterocycles. The highest BCUT2D eigenvalue weighted by Gasteiger charge is 2.21. The predicted octanol–water partition coefficient (Wildman–Crippen LogP) is 6.90. The van der Waals surface area contributed by atoms with Crippen LogP contribution >= 0.6 is 0 Å². The molecular weight excluding hydrogens is 312 g/mol. The molecule has 0 amide bonds. The van der Waals surface area contributed by atoms with Crippen LogP contribution in [0.15, 0.2) is 115 Å². The minimum absolute atomic E-state index is 0.388. The summed E-state index contributed by atoms with van der Waals surface area (Å²) in [6.45, 7) is 0. The van der Waals surface area contributed by atoms with Crippen LogP contribution in [0, 0.1) is 0 Å². The Kier molecular flexibility index (Phi) is 4.93. The summed E-state index contributed by atoms with van der Waals surface area (Å²) in [5.41, 5.74) is 6.68. The fourth-order valence-electron chi connectivity index (χ4n) is 3.53. The molecule has 0 unspecified atom stereocenters. The molecule has 0 spiro atoms. The van der Waals surface area contributed by atoms with Crippen molar-refractivity contribution >= 4 is 11.6 Å². The van der Waals surface area contributed by atoms with Gasteiger partial charge in [-0.15, -0.1) is 0 Å². The van der Waals surface area contributed by atoms with Gasteiger partial charge in [0.1, 0.15) is 0 Å². The molecule has 0 fully saturated rings. The van der Waals surface area contributed by atoms with Gasteiger partial charge in [0.05, 0.1) is 0 Å². The maximum absolute atomic E-state index is 2.29. The maximum Gasteiger partial charge on any atom is 0.0136 e. The van der Waals surface area contributed by atoms with E-state index in [-0.39, 0.29) is 0 Å². The van der Waals surface area contributed by atoms with Crippen LogP contribution in [0.5, 0.6) is 0 Å². The highest BCUT2D eigenvalue weighted by Crippen LogP contribution is 2.40. The summed E-state index contributed by atoms with van der Waals surface area (Å²) in [6, 6.07) is 32.1. The maximum atomic E-state index is 2.29. The first kappa shape index (κ1) is 16.4. The lowest BCUT2D eigenvalue weighted by molar-refractivity contribution is 0.848. The molecule has 1 aliphatic carbocycles. The highest BCUT2D eigenvalue weighted by atomic mass is 14.2. The minimum atomic E-state index is 0.388. The van der Waals surface area contributed by atoms with Gasteiger partial charge in [0.2, 0.25) is 0 Å². The van der Waals surface area contributed by atoms with Crippen LogP contribution in [0.4, 0.5) is 0 Å². The van der Waals surface area contributed by atoms with Crippen molar-refractivity contribution in [3.63, 3.8) is 0 Å². The highest BCUT2D eigenvalue weighted by molar-refractivity contribution is 5.75. The lowest BCUT2D eigenvalue weighted by atomic mass is 9.79. The molecule has 3 aromatic carbocycles. The van der Waals surface area contributed by atoms with Gasteiger partial charge in [-0.1, -0.05) is 115 Å². The fraction of sp³-hybridized carbons (Fsp3) is 0.0769. The Morgan fingerprint density at radius 2 is 1.23 bits per heavy atom. The predicted molar refractivity (Wildman–Crippen MR) is 112 cm³/mol. The van der Waals surface area contributed by atoms with Gasteiger partial charge in [0.25, 0.3) is 0 Å². The molecule has 0 aliphatic heterocycles. The van der Waals surface area contributed by atoms with Crippen molar-refractivity contribution in [3.8, 4) is 0 Å². The Balaban J connectivity index is 1.68. The van der Waals surface area contributed by atoms with Crippen molar-refractivity contribution in [1.29, 1.82) is 0 Å². The number of hydrogen-bond acceptors (Lipinski definition) is 0. The van der Waals surface area contributed by atoms with Gasteiger partial charge in [-0.2, -0.15) is 0 Å². The van der Waals surface area contributed by atoms with Crippen LogP contribution in [0.25, 0.3) is 11.6 Å². The van der Waals surface area contributed by atoms with Crippen LogP contribution < -0.4 is 0 Å². The molecule has 0 saturated heterocycles. The van der Waals surface area contributed by atoms with Gasteiger partial charge in [-0.05, 0) is 34.3 Å². The molecule has 0 heterocycles. The van der Waals surface area contributed by atoms with Crippen molar-refractivity contribution in [1.82, 2.24) is 0 Å². The summed E-state index contributed by atoms with van der Waals surface area (Å²) in [6.07, 6.45) is 10.0. The van der Waals surface area contributed by atoms with Gasteiger partial charge < -0.3 is 0 Å². The van der Waals surface area contributed by atoms with Gasteiger partial charge in [0.15, 0.2) is 0 Å². The second-order valence-electron chi connectivity index (χ2n) is 6.64. The summed E-state index contributed by atoms with van der Waals surface area (Å²) in [5, 5.41) is 0. The molecule has 4 rings (SSSR count). The Bertz CT molecular complexity index is 929. The van der Waals surface area contributed by atoms with Gasteiger partial charge in [0, 0.05) is 5.92 Å². The quantitative estimate of drug-likeness (QED) is 0.487. The van der Waals surface area contributed by atoms with Crippen LogP contribution in [-0.2, 0) is 0 Å². The smallest absolute Gasteiger partial charge is 0.0136 e. The number of allylic oxidation sites excluding steroid dienone is 5. The molecule has 0 saturated carbocycles. The van der Waals surface area contributed by atoms with Gasteiger partial charge >= 0.3 is 0 Å². The molecule has 26 heavy (non-hydrogen) atoms. The number of benzene rings is 3. The summed E-state index contributed by atoms with van der Waals surface area (Å²) in [5.74, 6) is 0.388. The Labute approximate surface area is 155 Å². The van der Waals surface area contributed by atoms with E-state index in [1.807, 2.05) is 0 Å². The molecule has 3 aromatic rings. The number of rotatable bonds is 4. The Morgan fingerprint density at radius 3 is 1.92 bits per heavy atom. The van der Waals surface area contributed by atoms with Crippen molar-refractivity contribution in [2.24, 2.45) is 0 Å². The van der Waals surface area contributed by atoms with Gasteiger partial charge in [-0.3, -0.25) is 0 Å². The fourth-order valence-corrected chi connectivity index (χ4v) is 3.53. The molecule has 126 valence electrons. The van der Waals surface area contributed by atoms with Crippen molar-refractivity contribution in [2.45, 2.75) is 12.3 Å².